The third kappa shape index (κ3) is 8.79. The standard InChI is InChI=1S/C36H53N5O/c1-6-8-12-35(36(42)37-3)39(5)28-32-26-29(13-17-31(32)7-2)14-18-33-11-9-10-21-41(33)27-30-15-19-34(20-16-30)40-24-22-38(4)23-25-40/h6-7,13,15-17,19-20,26,33,35H,1-2,8-12,14,18,21-25,27-28H2,3-5H3,(H,37,42). The topological polar surface area (TPSA) is 42.1 Å². The van der Waals surface area contributed by atoms with Crippen LogP contribution in [0.2, 0.25) is 0 Å². The maximum atomic E-state index is 12.6. The lowest BCUT2D eigenvalue weighted by atomic mass is 9.93. The third-order valence-electron chi connectivity index (χ3n) is 9.28. The smallest absolute Gasteiger partial charge is 0.237 e. The fourth-order valence-electron chi connectivity index (χ4n) is 6.56. The third-order valence-corrected chi connectivity index (χ3v) is 9.28. The minimum Gasteiger partial charge on any atom is -0.369 e. The van der Waals surface area contributed by atoms with E-state index < -0.39 is 0 Å². The Labute approximate surface area is 255 Å². The molecule has 228 valence electrons. The Morgan fingerprint density at radius 1 is 1.05 bits per heavy atom. The zero-order valence-electron chi connectivity index (χ0n) is 26.4. The van der Waals surface area contributed by atoms with E-state index in [1.54, 1.807) is 7.05 Å². The molecule has 1 amide bonds. The molecule has 2 atom stereocenters. The van der Waals surface area contributed by atoms with E-state index in [-0.39, 0.29) is 11.9 Å². The predicted octanol–water partition coefficient (Wildman–Crippen LogP) is 5.58. The molecule has 2 aromatic carbocycles. The number of carbonyl (C=O) groups excluding carboxylic acids is 1. The lowest BCUT2D eigenvalue weighted by Gasteiger charge is -2.36. The van der Waals surface area contributed by atoms with Gasteiger partial charge < -0.3 is 15.1 Å². The van der Waals surface area contributed by atoms with Crippen molar-refractivity contribution in [2.24, 2.45) is 0 Å². The molecule has 0 saturated carbocycles. The number of benzene rings is 2. The van der Waals surface area contributed by atoms with Crippen LogP contribution < -0.4 is 10.2 Å². The zero-order valence-corrected chi connectivity index (χ0v) is 26.4. The van der Waals surface area contributed by atoms with Crippen molar-refractivity contribution in [2.45, 2.75) is 70.1 Å². The maximum Gasteiger partial charge on any atom is 0.237 e. The Bertz CT molecular complexity index is 1150. The van der Waals surface area contributed by atoms with Crippen molar-refractivity contribution in [1.29, 1.82) is 0 Å². The molecular weight excluding hydrogens is 518 g/mol. The Morgan fingerprint density at radius 3 is 2.48 bits per heavy atom. The highest BCUT2D eigenvalue weighted by Crippen LogP contribution is 2.26. The van der Waals surface area contributed by atoms with E-state index >= 15 is 0 Å². The summed E-state index contributed by atoms with van der Waals surface area (Å²) in [4.78, 5) is 22.4. The van der Waals surface area contributed by atoms with Gasteiger partial charge in [0.2, 0.25) is 5.91 Å². The molecule has 1 N–H and O–H groups in total. The van der Waals surface area contributed by atoms with E-state index in [2.05, 4.69) is 87.6 Å². The molecule has 0 aromatic heterocycles. The van der Waals surface area contributed by atoms with Crippen molar-refractivity contribution < 1.29 is 4.79 Å². The van der Waals surface area contributed by atoms with Crippen LogP contribution in [0.25, 0.3) is 6.08 Å². The van der Waals surface area contributed by atoms with Gasteiger partial charge in [-0.1, -0.05) is 55.5 Å². The van der Waals surface area contributed by atoms with Gasteiger partial charge in [-0.3, -0.25) is 14.6 Å². The Hall–Kier alpha value is -2.93. The number of amides is 1. The Kier molecular flexibility index (Phi) is 12.2. The van der Waals surface area contributed by atoms with E-state index in [1.807, 2.05) is 19.2 Å². The van der Waals surface area contributed by atoms with Crippen LogP contribution in [-0.4, -0.2) is 86.6 Å². The SMILES string of the molecule is C=CCCC(C(=O)NC)N(C)Cc1cc(CCC2CCCCN2Cc2ccc(N3CCN(C)CC3)cc2)ccc1C=C. The highest BCUT2D eigenvalue weighted by molar-refractivity contribution is 5.81. The first-order chi connectivity index (χ1) is 20.4. The summed E-state index contributed by atoms with van der Waals surface area (Å²) < 4.78 is 0. The second kappa shape index (κ2) is 16.1. The summed E-state index contributed by atoms with van der Waals surface area (Å²) >= 11 is 0. The van der Waals surface area contributed by atoms with Crippen LogP contribution >= 0.6 is 0 Å². The van der Waals surface area contributed by atoms with Gasteiger partial charge in [-0.05, 0) is 93.6 Å². The van der Waals surface area contributed by atoms with Crippen LogP contribution in [-0.2, 0) is 24.3 Å². The Morgan fingerprint density at radius 2 is 1.79 bits per heavy atom. The van der Waals surface area contributed by atoms with Crippen LogP contribution in [0.4, 0.5) is 5.69 Å². The molecule has 0 spiro atoms. The Balaban J connectivity index is 1.37. The molecule has 2 aromatic rings. The molecular formula is C36H53N5O. The van der Waals surface area contributed by atoms with E-state index in [0.29, 0.717) is 12.6 Å². The molecule has 2 unspecified atom stereocenters. The van der Waals surface area contributed by atoms with Gasteiger partial charge in [-0.2, -0.15) is 0 Å². The molecule has 2 saturated heterocycles. The number of hydrogen-bond acceptors (Lipinski definition) is 5. The molecule has 2 fully saturated rings. The number of rotatable bonds is 14. The lowest BCUT2D eigenvalue weighted by Crippen LogP contribution is -2.44. The largest absolute Gasteiger partial charge is 0.369 e. The van der Waals surface area contributed by atoms with Crippen LogP contribution in [0.15, 0.2) is 61.7 Å². The lowest BCUT2D eigenvalue weighted by molar-refractivity contribution is -0.125. The molecule has 42 heavy (non-hydrogen) atoms. The van der Waals surface area contributed by atoms with E-state index in [0.717, 1.165) is 57.5 Å². The summed E-state index contributed by atoms with van der Waals surface area (Å²) in [6.45, 7) is 15.3. The highest BCUT2D eigenvalue weighted by Gasteiger charge is 2.24. The van der Waals surface area contributed by atoms with E-state index in [1.165, 1.54) is 54.6 Å². The molecule has 2 aliphatic heterocycles. The van der Waals surface area contributed by atoms with Gasteiger partial charge in [0, 0.05) is 58.0 Å². The number of piperazine rings is 1. The first kappa shape index (κ1) is 32.0. The molecule has 6 nitrogen and oxygen atoms in total. The second-order valence-electron chi connectivity index (χ2n) is 12.3. The summed E-state index contributed by atoms with van der Waals surface area (Å²) in [6.07, 6.45) is 11.5. The minimum absolute atomic E-state index is 0.0574. The van der Waals surface area contributed by atoms with Gasteiger partial charge in [-0.15, -0.1) is 6.58 Å². The minimum atomic E-state index is -0.180. The molecule has 4 rings (SSSR count). The fourth-order valence-corrected chi connectivity index (χ4v) is 6.56. The molecule has 0 bridgehead atoms. The van der Waals surface area contributed by atoms with Gasteiger partial charge >= 0.3 is 0 Å². The molecule has 2 heterocycles. The molecule has 2 aliphatic rings. The number of piperidine rings is 1. The average molecular weight is 572 g/mol. The number of aryl methyl sites for hydroxylation is 1. The van der Waals surface area contributed by atoms with Crippen molar-refractivity contribution in [1.82, 2.24) is 20.0 Å². The van der Waals surface area contributed by atoms with Gasteiger partial charge in [0.05, 0.1) is 6.04 Å². The number of likely N-dealkylation sites (N-methyl/N-ethyl adjacent to an activating group) is 3. The summed E-state index contributed by atoms with van der Waals surface area (Å²) in [6, 6.07) is 16.6. The number of anilines is 1. The molecule has 0 aliphatic carbocycles. The predicted molar refractivity (Wildman–Crippen MR) is 178 cm³/mol. The average Bonchev–Trinajstić information content (AvgIpc) is 3.01. The zero-order chi connectivity index (χ0) is 29.9. The van der Waals surface area contributed by atoms with Gasteiger partial charge in [0.15, 0.2) is 0 Å². The van der Waals surface area contributed by atoms with Crippen molar-refractivity contribution in [2.75, 3.05) is 58.8 Å². The van der Waals surface area contributed by atoms with E-state index in [9.17, 15) is 4.79 Å². The van der Waals surface area contributed by atoms with Crippen LogP contribution in [0.5, 0.6) is 0 Å². The number of likely N-dealkylation sites (tertiary alicyclic amines) is 1. The first-order valence-electron chi connectivity index (χ1n) is 15.9. The van der Waals surface area contributed by atoms with Gasteiger partial charge in [-0.25, -0.2) is 0 Å². The van der Waals surface area contributed by atoms with Crippen LogP contribution in [0.1, 0.15) is 60.8 Å². The summed E-state index contributed by atoms with van der Waals surface area (Å²) in [7, 11) is 5.96. The number of hydrogen-bond donors (Lipinski definition) is 1. The van der Waals surface area contributed by atoms with Crippen molar-refractivity contribution in [3.63, 3.8) is 0 Å². The second-order valence-corrected chi connectivity index (χ2v) is 12.3. The normalized spacial score (nSPS) is 19.0. The van der Waals surface area contributed by atoms with Crippen molar-refractivity contribution in [3.8, 4) is 0 Å². The number of carbonyl (C=O) groups is 1. The number of nitrogens with zero attached hydrogens (tertiary/aromatic N) is 4. The summed E-state index contributed by atoms with van der Waals surface area (Å²) in [5.74, 6) is 0.0574. The molecule has 0 radical (unpaired) electrons. The number of allylic oxidation sites excluding steroid dienone is 1. The van der Waals surface area contributed by atoms with Gasteiger partial charge in [0.25, 0.3) is 0 Å². The van der Waals surface area contributed by atoms with Crippen LogP contribution in [0.3, 0.4) is 0 Å². The fraction of sp³-hybridized carbons (Fsp3) is 0.528. The summed E-state index contributed by atoms with van der Waals surface area (Å²) in [5.41, 5.74) is 6.52. The monoisotopic (exact) mass is 571 g/mol. The van der Waals surface area contributed by atoms with Crippen molar-refractivity contribution in [3.05, 3.63) is 84.0 Å². The number of nitrogens with one attached hydrogen (secondary N) is 1. The quantitative estimate of drug-likeness (QED) is 0.300. The van der Waals surface area contributed by atoms with Crippen LogP contribution in [0, 0.1) is 0 Å². The molecule has 6 heteroatoms. The first-order valence-corrected chi connectivity index (χ1v) is 15.9. The van der Waals surface area contributed by atoms with Crippen molar-refractivity contribution >= 4 is 17.7 Å². The van der Waals surface area contributed by atoms with Gasteiger partial charge in [0.1, 0.15) is 0 Å². The summed E-state index contributed by atoms with van der Waals surface area (Å²) in [5, 5.41) is 2.83. The van der Waals surface area contributed by atoms with E-state index in [4.69, 9.17) is 0 Å². The highest BCUT2D eigenvalue weighted by atomic mass is 16.2. The maximum absolute atomic E-state index is 12.6.